The van der Waals surface area contributed by atoms with Gasteiger partial charge in [-0.15, -0.1) is 24.0 Å². The van der Waals surface area contributed by atoms with Gasteiger partial charge in [-0.2, -0.15) is 13.2 Å². The van der Waals surface area contributed by atoms with Crippen molar-refractivity contribution < 1.29 is 22.7 Å². The van der Waals surface area contributed by atoms with Crippen molar-refractivity contribution in [3.05, 3.63) is 0 Å². The van der Waals surface area contributed by atoms with Crippen LogP contribution >= 0.6 is 24.0 Å². The van der Waals surface area contributed by atoms with Crippen molar-refractivity contribution in [1.29, 1.82) is 0 Å². The van der Waals surface area contributed by atoms with Crippen molar-refractivity contribution >= 4 is 35.9 Å². The lowest BCUT2D eigenvalue weighted by Crippen LogP contribution is -2.48. The van der Waals surface area contributed by atoms with Crippen LogP contribution in [0.15, 0.2) is 4.99 Å². The number of piperidine rings is 2. The maximum atomic E-state index is 12.5. The first-order chi connectivity index (χ1) is 13.3. The third-order valence-electron chi connectivity index (χ3n) is 5.50. The summed E-state index contributed by atoms with van der Waals surface area (Å²) in [5.74, 6) is 0.950. The van der Waals surface area contributed by atoms with Crippen LogP contribution in [0, 0.1) is 11.8 Å². The molecule has 29 heavy (non-hydrogen) atoms. The summed E-state index contributed by atoms with van der Waals surface area (Å²) in [6.07, 6.45) is 0.144. The zero-order valence-corrected chi connectivity index (χ0v) is 19.7. The van der Waals surface area contributed by atoms with Gasteiger partial charge in [0.15, 0.2) is 5.96 Å². The van der Waals surface area contributed by atoms with Crippen LogP contribution in [0.1, 0.15) is 39.0 Å². The molecule has 6 nitrogen and oxygen atoms in total. The minimum Gasteiger partial charge on any atom is -0.466 e. The van der Waals surface area contributed by atoms with Crippen LogP contribution in [0.25, 0.3) is 0 Å². The van der Waals surface area contributed by atoms with Crippen LogP contribution in [0.3, 0.4) is 0 Å². The van der Waals surface area contributed by atoms with E-state index in [0.29, 0.717) is 32.2 Å². The zero-order valence-electron chi connectivity index (χ0n) is 17.3. The van der Waals surface area contributed by atoms with E-state index in [9.17, 15) is 18.0 Å². The number of halogens is 4. The summed E-state index contributed by atoms with van der Waals surface area (Å²) < 4.78 is 42.5. The quantitative estimate of drug-likeness (QED) is 0.246. The number of nitrogens with zero attached hydrogens (tertiary/aromatic N) is 3. The summed E-state index contributed by atoms with van der Waals surface area (Å²) in [5, 5.41) is 3.36. The van der Waals surface area contributed by atoms with Gasteiger partial charge >= 0.3 is 12.1 Å². The number of carbonyl (C=O) groups excluding carboxylic acids is 1. The molecule has 1 N–H and O–H groups in total. The van der Waals surface area contributed by atoms with E-state index in [1.165, 1.54) is 4.90 Å². The molecule has 2 fully saturated rings. The van der Waals surface area contributed by atoms with Gasteiger partial charge in [-0.05, 0) is 58.0 Å². The monoisotopic (exact) mass is 534 g/mol. The van der Waals surface area contributed by atoms with Crippen molar-refractivity contribution in [3.8, 4) is 0 Å². The molecule has 2 rings (SSSR count). The Morgan fingerprint density at radius 1 is 1.21 bits per heavy atom. The van der Waals surface area contributed by atoms with Crippen LogP contribution in [-0.2, 0) is 9.53 Å². The van der Waals surface area contributed by atoms with Gasteiger partial charge in [-0.1, -0.05) is 0 Å². The number of esters is 1. The summed E-state index contributed by atoms with van der Waals surface area (Å²) in [7, 11) is 1.73. The van der Waals surface area contributed by atoms with Gasteiger partial charge in [0.05, 0.1) is 19.1 Å². The number of carbonyl (C=O) groups is 1. The molecule has 170 valence electrons. The van der Waals surface area contributed by atoms with E-state index in [4.69, 9.17) is 4.74 Å². The third kappa shape index (κ3) is 9.27. The van der Waals surface area contributed by atoms with E-state index in [0.717, 1.165) is 51.2 Å². The van der Waals surface area contributed by atoms with Crippen molar-refractivity contribution in [2.75, 3.05) is 52.9 Å². The van der Waals surface area contributed by atoms with Crippen molar-refractivity contribution in [2.24, 2.45) is 16.8 Å². The molecule has 0 aromatic heterocycles. The predicted octanol–water partition coefficient (Wildman–Crippen LogP) is 3.12. The second-order valence-corrected chi connectivity index (χ2v) is 7.63. The van der Waals surface area contributed by atoms with Gasteiger partial charge in [0.2, 0.25) is 0 Å². The zero-order chi connectivity index (χ0) is 20.6. The number of rotatable bonds is 6. The minimum atomic E-state index is -4.11. The Morgan fingerprint density at radius 3 is 2.48 bits per heavy atom. The summed E-state index contributed by atoms with van der Waals surface area (Å²) >= 11 is 0. The topological polar surface area (TPSA) is 57.2 Å². The smallest absolute Gasteiger partial charge is 0.401 e. The van der Waals surface area contributed by atoms with Crippen LogP contribution < -0.4 is 5.32 Å². The number of nitrogens with one attached hydrogen (secondary N) is 1. The molecule has 0 aliphatic carbocycles. The largest absolute Gasteiger partial charge is 0.466 e. The lowest BCUT2D eigenvalue weighted by molar-refractivity contribution is -0.150. The highest BCUT2D eigenvalue weighted by Gasteiger charge is 2.32. The van der Waals surface area contributed by atoms with E-state index in [-0.39, 0.29) is 35.9 Å². The van der Waals surface area contributed by atoms with Crippen molar-refractivity contribution in [1.82, 2.24) is 15.1 Å². The Bertz CT molecular complexity index is 526. The standard InChI is InChI=1S/C19H33F3N4O2.HI/c1-3-28-17(27)16-5-4-10-26(13-16)18(23-2)24-9-6-15-7-11-25(12-8-15)14-19(20,21)22;/h15-16H,3-14H2,1-2H3,(H,23,24);1H/t16-;/m0./s1. The highest BCUT2D eigenvalue weighted by molar-refractivity contribution is 14.0. The lowest BCUT2D eigenvalue weighted by atomic mass is 9.93. The molecule has 2 aliphatic heterocycles. The Labute approximate surface area is 188 Å². The van der Waals surface area contributed by atoms with E-state index in [2.05, 4.69) is 15.2 Å². The SMILES string of the molecule is CCOC(=O)[C@H]1CCCN(C(=NC)NCCC2CCN(CC(F)(F)F)CC2)C1.I. The first-order valence-electron chi connectivity index (χ1n) is 10.2. The molecular formula is C19H34F3IN4O2. The van der Waals surface area contributed by atoms with Gasteiger partial charge < -0.3 is 15.0 Å². The molecule has 0 unspecified atom stereocenters. The van der Waals surface area contributed by atoms with Gasteiger partial charge in [0.25, 0.3) is 0 Å². The van der Waals surface area contributed by atoms with Gasteiger partial charge in [0.1, 0.15) is 0 Å². The van der Waals surface area contributed by atoms with Gasteiger partial charge in [-0.3, -0.25) is 14.7 Å². The van der Waals surface area contributed by atoms with E-state index < -0.39 is 12.7 Å². The molecule has 1 atom stereocenters. The normalized spacial score (nSPS) is 22.2. The number of ether oxygens (including phenoxy) is 1. The fraction of sp³-hybridized carbons (Fsp3) is 0.895. The first kappa shape index (κ1) is 26.3. The van der Waals surface area contributed by atoms with Gasteiger partial charge in [0, 0.05) is 26.7 Å². The van der Waals surface area contributed by atoms with Crippen LogP contribution in [-0.4, -0.2) is 80.8 Å². The summed E-state index contributed by atoms with van der Waals surface area (Å²) in [4.78, 5) is 19.9. The summed E-state index contributed by atoms with van der Waals surface area (Å²) in [6.45, 7) is 4.60. The number of likely N-dealkylation sites (tertiary alicyclic amines) is 2. The molecular weight excluding hydrogens is 500 g/mol. The molecule has 2 saturated heterocycles. The maximum Gasteiger partial charge on any atom is 0.401 e. The highest BCUT2D eigenvalue weighted by atomic mass is 127. The Morgan fingerprint density at radius 2 is 1.90 bits per heavy atom. The van der Waals surface area contributed by atoms with Crippen molar-refractivity contribution in [2.45, 2.75) is 45.2 Å². The average Bonchev–Trinajstić information content (AvgIpc) is 2.66. The van der Waals surface area contributed by atoms with Crippen molar-refractivity contribution in [3.63, 3.8) is 0 Å². The molecule has 0 bridgehead atoms. The second-order valence-electron chi connectivity index (χ2n) is 7.63. The first-order valence-corrected chi connectivity index (χ1v) is 10.2. The fourth-order valence-electron chi connectivity index (χ4n) is 4.03. The summed E-state index contributed by atoms with van der Waals surface area (Å²) in [6, 6.07) is 0. The Hall–Kier alpha value is -0.780. The minimum absolute atomic E-state index is 0. The number of alkyl halides is 3. The average molecular weight is 534 g/mol. The van der Waals surface area contributed by atoms with Crippen LogP contribution in [0.5, 0.6) is 0 Å². The van der Waals surface area contributed by atoms with E-state index >= 15 is 0 Å². The molecule has 2 heterocycles. The molecule has 0 aromatic rings. The molecule has 0 amide bonds. The number of hydrogen-bond acceptors (Lipinski definition) is 4. The Kier molecular flexibility index (Phi) is 11.6. The summed E-state index contributed by atoms with van der Waals surface area (Å²) in [5.41, 5.74) is 0. The maximum absolute atomic E-state index is 12.5. The molecule has 0 saturated carbocycles. The molecule has 0 spiro atoms. The lowest BCUT2D eigenvalue weighted by Gasteiger charge is -2.35. The molecule has 2 aliphatic rings. The van der Waals surface area contributed by atoms with Crippen LogP contribution in [0.4, 0.5) is 13.2 Å². The van der Waals surface area contributed by atoms with E-state index in [1.54, 1.807) is 7.05 Å². The predicted molar refractivity (Wildman–Crippen MR) is 118 cm³/mol. The molecule has 0 aromatic carbocycles. The number of guanidine groups is 1. The van der Waals surface area contributed by atoms with E-state index in [1.807, 2.05) is 6.92 Å². The fourth-order valence-corrected chi connectivity index (χ4v) is 4.03. The third-order valence-corrected chi connectivity index (χ3v) is 5.50. The highest BCUT2D eigenvalue weighted by Crippen LogP contribution is 2.24. The number of hydrogen-bond donors (Lipinski definition) is 1. The Balaban J connectivity index is 0.00000420. The van der Waals surface area contributed by atoms with Crippen LogP contribution in [0.2, 0.25) is 0 Å². The molecule has 10 heteroatoms. The molecule has 0 radical (unpaired) electrons. The van der Waals surface area contributed by atoms with Gasteiger partial charge in [-0.25, -0.2) is 0 Å². The second kappa shape index (κ2) is 12.8. The number of aliphatic imine (C=N–C) groups is 1.